The van der Waals surface area contributed by atoms with E-state index in [0.717, 1.165) is 13.8 Å². The van der Waals surface area contributed by atoms with Gasteiger partial charge in [0.1, 0.15) is 11.6 Å². The molecule has 0 atom stereocenters. The number of ether oxygens (including phenoxy) is 2. The minimum absolute atomic E-state index is 0.176. The number of carbonyl (C=O) groups is 3. The highest BCUT2D eigenvalue weighted by Gasteiger charge is 2.11. The highest BCUT2D eigenvalue weighted by molar-refractivity contribution is 5.98. The molecule has 0 aliphatic carbocycles. The lowest BCUT2D eigenvalue weighted by Gasteiger charge is -1.98. The summed E-state index contributed by atoms with van der Waals surface area (Å²) in [5, 5.41) is 16.0. The Balaban J connectivity index is 0. The largest absolute Gasteiger partial charge is 0.481 e. The summed E-state index contributed by atoms with van der Waals surface area (Å²) in [5.41, 5.74) is -0.176. The third kappa shape index (κ3) is 15.8. The van der Waals surface area contributed by atoms with Gasteiger partial charge in [-0.1, -0.05) is 6.08 Å². The molecule has 0 saturated heterocycles. The maximum atomic E-state index is 11.1. The summed E-state index contributed by atoms with van der Waals surface area (Å²) >= 11 is 0. The van der Waals surface area contributed by atoms with E-state index in [0.29, 0.717) is 19.6 Å². The molecular weight excluding hydrogens is 254 g/mol. The summed E-state index contributed by atoms with van der Waals surface area (Å²) in [6, 6.07) is 1.66. The molecule has 0 aliphatic rings. The molecule has 1 N–H and O–H groups in total. The van der Waals surface area contributed by atoms with Crippen LogP contribution in [0.3, 0.4) is 0 Å². The standard InChI is InChI=1S/C10H13NO4.C2H4O2/c1-3-14-6-4-5-9(7-11)10(13)15-8(2)12;1-2(3)4/h5H,3-4,6H2,1-2H3;1H3,(H,3,4). The molecule has 0 amide bonds. The number of carboxylic acid groups (broad SMARTS) is 1. The van der Waals surface area contributed by atoms with E-state index in [2.05, 4.69) is 4.74 Å². The lowest BCUT2D eigenvalue weighted by molar-refractivity contribution is -0.155. The van der Waals surface area contributed by atoms with Gasteiger partial charge in [0, 0.05) is 20.5 Å². The van der Waals surface area contributed by atoms with Gasteiger partial charge < -0.3 is 14.6 Å². The van der Waals surface area contributed by atoms with Crippen molar-refractivity contribution < 1.29 is 29.0 Å². The highest BCUT2D eigenvalue weighted by Crippen LogP contribution is 1.99. The fourth-order valence-electron chi connectivity index (χ4n) is 0.791. The Kier molecular flexibility index (Phi) is 12.4. The van der Waals surface area contributed by atoms with Crippen LogP contribution in [-0.4, -0.2) is 36.2 Å². The van der Waals surface area contributed by atoms with E-state index in [9.17, 15) is 9.59 Å². The minimum atomic E-state index is -0.915. The number of nitrogens with zero attached hydrogens (tertiary/aromatic N) is 1. The second kappa shape index (κ2) is 12.3. The smallest absolute Gasteiger partial charge is 0.356 e. The summed E-state index contributed by atoms with van der Waals surface area (Å²) in [6.45, 7) is 5.04. The van der Waals surface area contributed by atoms with Crippen molar-refractivity contribution in [3.63, 3.8) is 0 Å². The van der Waals surface area contributed by atoms with E-state index in [-0.39, 0.29) is 5.57 Å². The Morgan fingerprint density at radius 2 is 1.84 bits per heavy atom. The Hall–Kier alpha value is -2.20. The fourth-order valence-corrected chi connectivity index (χ4v) is 0.791. The molecule has 7 heteroatoms. The first-order valence-electron chi connectivity index (χ1n) is 5.45. The number of carbonyl (C=O) groups excluding carboxylic acids is 2. The minimum Gasteiger partial charge on any atom is -0.481 e. The molecule has 0 bridgehead atoms. The molecule has 106 valence electrons. The lowest BCUT2D eigenvalue weighted by Crippen LogP contribution is -2.10. The van der Waals surface area contributed by atoms with E-state index in [1.807, 2.05) is 6.92 Å². The van der Waals surface area contributed by atoms with Gasteiger partial charge in [-0.25, -0.2) is 4.79 Å². The molecule has 0 heterocycles. The number of rotatable bonds is 5. The number of aliphatic carboxylic acids is 1. The van der Waals surface area contributed by atoms with Crippen molar-refractivity contribution in [1.82, 2.24) is 0 Å². The number of hydrogen-bond donors (Lipinski definition) is 1. The van der Waals surface area contributed by atoms with E-state index in [4.69, 9.17) is 19.9 Å². The van der Waals surface area contributed by atoms with Gasteiger partial charge in [-0.2, -0.15) is 5.26 Å². The van der Waals surface area contributed by atoms with Crippen LogP contribution in [0.4, 0.5) is 0 Å². The van der Waals surface area contributed by atoms with Gasteiger partial charge in [0.25, 0.3) is 5.97 Å². The predicted molar refractivity (Wildman–Crippen MR) is 64.9 cm³/mol. The molecule has 0 saturated carbocycles. The van der Waals surface area contributed by atoms with Crippen LogP contribution in [0.25, 0.3) is 0 Å². The van der Waals surface area contributed by atoms with Crippen molar-refractivity contribution in [3.05, 3.63) is 11.6 Å². The van der Waals surface area contributed by atoms with Crippen molar-refractivity contribution in [1.29, 1.82) is 5.26 Å². The molecule has 0 radical (unpaired) electrons. The molecular formula is C12H17NO6. The van der Waals surface area contributed by atoms with Crippen LogP contribution in [-0.2, 0) is 23.9 Å². The third-order valence-corrected chi connectivity index (χ3v) is 1.39. The second-order valence-corrected chi connectivity index (χ2v) is 3.12. The van der Waals surface area contributed by atoms with Crippen LogP contribution in [0.15, 0.2) is 11.6 Å². The van der Waals surface area contributed by atoms with E-state index >= 15 is 0 Å². The number of esters is 2. The van der Waals surface area contributed by atoms with Crippen LogP contribution in [0, 0.1) is 11.3 Å². The Bertz CT molecular complexity index is 376. The predicted octanol–water partition coefficient (Wildman–Crippen LogP) is 1.04. The number of nitriles is 1. The SMILES string of the molecule is CC(=O)O.CCOCCC=C(C#N)C(=O)OC(C)=O. The zero-order valence-corrected chi connectivity index (χ0v) is 11.1. The first-order chi connectivity index (χ1) is 8.84. The van der Waals surface area contributed by atoms with Gasteiger partial charge >= 0.3 is 11.9 Å². The molecule has 0 aromatic rings. The van der Waals surface area contributed by atoms with Gasteiger partial charge in [-0.3, -0.25) is 9.59 Å². The second-order valence-electron chi connectivity index (χ2n) is 3.12. The van der Waals surface area contributed by atoms with Gasteiger partial charge in [0.2, 0.25) is 0 Å². The summed E-state index contributed by atoms with van der Waals surface area (Å²) in [4.78, 5) is 30.5. The van der Waals surface area contributed by atoms with Crippen molar-refractivity contribution >= 4 is 17.9 Å². The van der Waals surface area contributed by atoms with Crippen LogP contribution >= 0.6 is 0 Å². The van der Waals surface area contributed by atoms with Crippen molar-refractivity contribution in [3.8, 4) is 6.07 Å². The van der Waals surface area contributed by atoms with Gasteiger partial charge in [-0.15, -0.1) is 0 Å². The Labute approximate surface area is 111 Å². The van der Waals surface area contributed by atoms with Crippen LogP contribution in [0.1, 0.15) is 27.2 Å². The molecule has 0 aliphatic heterocycles. The summed E-state index contributed by atoms with van der Waals surface area (Å²) in [6.07, 6.45) is 1.82. The van der Waals surface area contributed by atoms with Crippen LogP contribution in [0.2, 0.25) is 0 Å². The first kappa shape index (κ1) is 19.1. The van der Waals surface area contributed by atoms with Crippen molar-refractivity contribution in [2.75, 3.05) is 13.2 Å². The van der Waals surface area contributed by atoms with E-state index < -0.39 is 17.9 Å². The zero-order valence-electron chi connectivity index (χ0n) is 11.1. The van der Waals surface area contributed by atoms with Gasteiger partial charge in [0.15, 0.2) is 0 Å². The monoisotopic (exact) mass is 271 g/mol. The summed E-state index contributed by atoms with van der Waals surface area (Å²) in [5.74, 6) is -2.48. The molecule has 0 aromatic heterocycles. The maximum absolute atomic E-state index is 11.1. The Morgan fingerprint density at radius 3 is 2.21 bits per heavy atom. The average molecular weight is 271 g/mol. The quantitative estimate of drug-likeness (QED) is 0.261. The topological polar surface area (TPSA) is 114 Å². The third-order valence-electron chi connectivity index (χ3n) is 1.39. The molecule has 19 heavy (non-hydrogen) atoms. The number of carboxylic acids is 1. The molecule has 0 unspecified atom stereocenters. The first-order valence-corrected chi connectivity index (χ1v) is 5.45. The van der Waals surface area contributed by atoms with Crippen LogP contribution in [0.5, 0.6) is 0 Å². The van der Waals surface area contributed by atoms with Crippen molar-refractivity contribution in [2.24, 2.45) is 0 Å². The molecule has 0 spiro atoms. The zero-order chi connectivity index (χ0) is 15.3. The highest BCUT2D eigenvalue weighted by atomic mass is 16.6. The Morgan fingerprint density at radius 1 is 1.32 bits per heavy atom. The normalized spacial score (nSPS) is 9.68. The van der Waals surface area contributed by atoms with Gasteiger partial charge in [-0.05, 0) is 13.3 Å². The molecule has 0 aromatic carbocycles. The molecule has 7 nitrogen and oxygen atoms in total. The van der Waals surface area contributed by atoms with E-state index in [1.165, 1.54) is 6.08 Å². The van der Waals surface area contributed by atoms with Crippen LogP contribution < -0.4 is 0 Å². The molecule has 0 fully saturated rings. The van der Waals surface area contributed by atoms with Gasteiger partial charge in [0.05, 0.1) is 6.61 Å². The van der Waals surface area contributed by atoms with Crippen molar-refractivity contribution in [2.45, 2.75) is 27.2 Å². The summed E-state index contributed by atoms with van der Waals surface area (Å²) < 4.78 is 9.27. The fraction of sp³-hybridized carbons (Fsp3) is 0.500. The average Bonchev–Trinajstić information content (AvgIpc) is 2.27. The maximum Gasteiger partial charge on any atom is 0.356 e. The molecule has 0 rings (SSSR count). The number of hydrogen-bond acceptors (Lipinski definition) is 6. The van der Waals surface area contributed by atoms with E-state index in [1.54, 1.807) is 6.07 Å². The lowest BCUT2D eigenvalue weighted by atomic mass is 10.2. The summed E-state index contributed by atoms with van der Waals surface area (Å²) in [7, 11) is 0.